The van der Waals surface area contributed by atoms with Crippen LogP contribution in [0.2, 0.25) is 0 Å². The maximum absolute atomic E-state index is 14.0. The van der Waals surface area contributed by atoms with Crippen molar-refractivity contribution in [2.75, 3.05) is 24.9 Å². The van der Waals surface area contributed by atoms with Gasteiger partial charge in [-0.2, -0.15) is 18.3 Å². The third-order valence-corrected chi connectivity index (χ3v) is 6.09. The molecule has 1 aliphatic rings. The van der Waals surface area contributed by atoms with Crippen molar-refractivity contribution in [2.24, 2.45) is 0 Å². The van der Waals surface area contributed by atoms with E-state index in [1.165, 1.54) is 20.3 Å². The second-order valence-electron chi connectivity index (χ2n) is 8.17. The molecule has 2 heterocycles. The van der Waals surface area contributed by atoms with Gasteiger partial charge in [0.2, 0.25) is 0 Å². The molecule has 3 aromatic rings. The molecule has 4 rings (SSSR count). The predicted molar refractivity (Wildman–Crippen MR) is 122 cm³/mol. The zero-order chi connectivity index (χ0) is 24.6. The van der Waals surface area contributed by atoms with Crippen molar-refractivity contribution in [3.63, 3.8) is 0 Å². The molecule has 180 valence electrons. The molecule has 2 N–H and O–H groups in total. The minimum Gasteiger partial charge on any atom is -0.493 e. The Hall–Kier alpha value is -3.69. The van der Waals surface area contributed by atoms with E-state index >= 15 is 0 Å². The summed E-state index contributed by atoms with van der Waals surface area (Å²) in [6.07, 6.45) is -4.86. The van der Waals surface area contributed by atoms with E-state index in [1.807, 2.05) is 19.9 Å². The lowest BCUT2D eigenvalue weighted by Gasteiger charge is -2.33. The van der Waals surface area contributed by atoms with E-state index in [0.29, 0.717) is 22.7 Å². The van der Waals surface area contributed by atoms with Crippen LogP contribution in [-0.2, 0) is 0 Å². The summed E-state index contributed by atoms with van der Waals surface area (Å²) >= 11 is 0. The number of aromatic nitrogens is 2. The summed E-state index contributed by atoms with van der Waals surface area (Å²) in [7, 11) is 2.95. The molecular weight excluding hydrogens is 449 g/mol. The van der Waals surface area contributed by atoms with Crippen LogP contribution in [0.25, 0.3) is 0 Å². The molecule has 0 saturated carbocycles. The average Bonchev–Trinajstić information content (AvgIpc) is 3.24. The van der Waals surface area contributed by atoms with Gasteiger partial charge in [0.05, 0.1) is 20.3 Å². The highest BCUT2D eigenvalue weighted by atomic mass is 19.4. The van der Waals surface area contributed by atoms with Gasteiger partial charge in [-0.25, -0.2) is 4.68 Å². The number of aryl methyl sites for hydroxylation is 1. The number of amides is 1. The van der Waals surface area contributed by atoms with Crippen LogP contribution in [0.1, 0.15) is 45.7 Å². The fourth-order valence-corrected chi connectivity index (χ4v) is 4.05. The zero-order valence-electron chi connectivity index (χ0n) is 19.2. The zero-order valence-corrected chi connectivity index (χ0v) is 19.2. The molecule has 1 amide bonds. The Morgan fingerprint density at radius 2 is 1.85 bits per heavy atom. The molecule has 0 fully saturated rings. The highest BCUT2D eigenvalue weighted by Gasteiger charge is 2.47. The molecular formula is C24H25F3N4O3. The van der Waals surface area contributed by atoms with E-state index < -0.39 is 24.2 Å². The molecule has 1 aromatic heterocycles. The van der Waals surface area contributed by atoms with Crippen LogP contribution in [0.4, 0.5) is 24.7 Å². The molecule has 0 radical (unpaired) electrons. The summed E-state index contributed by atoms with van der Waals surface area (Å²) in [4.78, 5) is 12.8. The number of anilines is 2. The van der Waals surface area contributed by atoms with Gasteiger partial charge in [0.15, 0.2) is 23.2 Å². The molecule has 2 aromatic carbocycles. The second kappa shape index (κ2) is 8.92. The number of benzene rings is 2. The normalized spacial score (nSPS) is 17.5. The van der Waals surface area contributed by atoms with Crippen molar-refractivity contribution in [3.8, 4) is 11.5 Å². The lowest BCUT2D eigenvalue weighted by atomic mass is 9.96. The van der Waals surface area contributed by atoms with Gasteiger partial charge >= 0.3 is 6.18 Å². The van der Waals surface area contributed by atoms with Gasteiger partial charge in [-0.1, -0.05) is 18.2 Å². The lowest BCUT2D eigenvalue weighted by molar-refractivity contribution is -0.173. The van der Waals surface area contributed by atoms with Crippen molar-refractivity contribution in [3.05, 3.63) is 64.8 Å². The number of alkyl halides is 3. The Bertz CT molecular complexity index is 1220. The minimum atomic E-state index is -4.56. The monoisotopic (exact) mass is 474 g/mol. The number of hydrogen-bond donors (Lipinski definition) is 2. The van der Waals surface area contributed by atoms with Gasteiger partial charge in [0.25, 0.3) is 5.91 Å². The number of nitrogens with one attached hydrogen (secondary N) is 2. The maximum atomic E-state index is 14.0. The van der Waals surface area contributed by atoms with Crippen LogP contribution < -0.4 is 20.1 Å². The van der Waals surface area contributed by atoms with Crippen LogP contribution in [0.3, 0.4) is 0 Å². The van der Waals surface area contributed by atoms with Crippen molar-refractivity contribution in [2.45, 2.75) is 38.5 Å². The molecule has 1 aliphatic heterocycles. The Morgan fingerprint density at radius 1 is 1.12 bits per heavy atom. The molecule has 7 nitrogen and oxygen atoms in total. The maximum Gasteiger partial charge on any atom is 0.410 e. The van der Waals surface area contributed by atoms with Gasteiger partial charge in [0, 0.05) is 18.2 Å². The van der Waals surface area contributed by atoms with Gasteiger partial charge < -0.3 is 20.1 Å². The summed E-state index contributed by atoms with van der Waals surface area (Å²) < 4.78 is 53.3. The fraction of sp³-hybridized carbons (Fsp3) is 0.333. The van der Waals surface area contributed by atoms with Gasteiger partial charge in [-0.05, 0) is 48.7 Å². The van der Waals surface area contributed by atoms with E-state index in [-0.39, 0.29) is 17.9 Å². The summed E-state index contributed by atoms with van der Waals surface area (Å²) in [6.45, 7) is 3.77. The van der Waals surface area contributed by atoms with Crippen LogP contribution in [0, 0.1) is 13.8 Å². The number of ether oxygens (including phenoxy) is 2. The van der Waals surface area contributed by atoms with Crippen LogP contribution in [0.5, 0.6) is 11.5 Å². The molecule has 10 heteroatoms. The van der Waals surface area contributed by atoms with E-state index in [1.54, 1.807) is 30.3 Å². The first-order chi connectivity index (χ1) is 16.1. The van der Waals surface area contributed by atoms with E-state index in [9.17, 15) is 18.0 Å². The first-order valence-corrected chi connectivity index (χ1v) is 10.6. The third kappa shape index (κ3) is 4.40. The predicted octanol–water partition coefficient (Wildman–Crippen LogP) is 5.43. The first kappa shape index (κ1) is 23.5. The smallest absolute Gasteiger partial charge is 0.410 e. The Balaban J connectivity index is 1.66. The summed E-state index contributed by atoms with van der Waals surface area (Å²) in [5, 5.41) is 9.85. The average molecular weight is 474 g/mol. The number of rotatable bonds is 5. The first-order valence-electron chi connectivity index (χ1n) is 10.6. The van der Waals surface area contributed by atoms with E-state index in [0.717, 1.165) is 15.8 Å². The van der Waals surface area contributed by atoms with Crippen molar-refractivity contribution in [1.29, 1.82) is 0 Å². The SMILES string of the molecule is COc1ccc([C@@H]2C[C@@H](C(F)(F)F)n3nc(C(=O)Nc4cccc(C)c4C)cc3N2)cc1OC. The Morgan fingerprint density at radius 3 is 2.53 bits per heavy atom. The van der Waals surface area contributed by atoms with Crippen LogP contribution in [-0.4, -0.2) is 36.1 Å². The molecule has 2 atom stereocenters. The molecule has 34 heavy (non-hydrogen) atoms. The number of halogens is 3. The quantitative estimate of drug-likeness (QED) is 0.516. The summed E-state index contributed by atoms with van der Waals surface area (Å²) in [5.74, 6) is 0.420. The number of nitrogens with zero attached hydrogens (tertiary/aromatic N) is 2. The second-order valence-corrected chi connectivity index (χ2v) is 8.17. The van der Waals surface area contributed by atoms with Crippen molar-refractivity contribution in [1.82, 2.24) is 9.78 Å². The van der Waals surface area contributed by atoms with Crippen LogP contribution in [0.15, 0.2) is 42.5 Å². The van der Waals surface area contributed by atoms with Crippen LogP contribution >= 0.6 is 0 Å². The minimum absolute atomic E-state index is 0.106. The Kier molecular flexibility index (Phi) is 6.16. The van der Waals surface area contributed by atoms with Gasteiger partial charge in [-0.15, -0.1) is 0 Å². The van der Waals surface area contributed by atoms with E-state index in [2.05, 4.69) is 15.7 Å². The largest absolute Gasteiger partial charge is 0.493 e. The molecule has 0 saturated heterocycles. The standard InChI is InChI=1S/C24H25F3N4O3/c1-13-6-5-7-16(14(13)2)29-23(32)18-12-22-28-17(11-21(24(25,26)27)31(22)30-18)15-8-9-19(33-3)20(10-15)34-4/h5-10,12,17,21,28H,11H2,1-4H3,(H,29,32)/t17-,21-/m0/s1. The molecule has 0 spiro atoms. The number of carbonyl (C=O) groups excluding carboxylic acids is 1. The number of methoxy groups -OCH3 is 2. The highest BCUT2D eigenvalue weighted by molar-refractivity contribution is 6.03. The van der Waals surface area contributed by atoms with Gasteiger partial charge in [-0.3, -0.25) is 4.79 Å². The summed E-state index contributed by atoms with van der Waals surface area (Å²) in [6, 6.07) is 9.18. The van der Waals surface area contributed by atoms with E-state index in [4.69, 9.17) is 9.47 Å². The Labute approximate surface area is 194 Å². The lowest BCUT2D eigenvalue weighted by Crippen LogP contribution is -2.35. The topological polar surface area (TPSA) is 77.4 Å². The van der Waals surface area contributed by atoms with Crippen molar-refractivity contribution >= 4 is 17.4 Å². The summed E-state index contributed by atoms with van der Waals surface area (Å²) in [5.41, 5.74) is 2.93. The highest BCUT2D eigenvalue weighted by Crippen LogP contribution is 2.44. The fourth-order valence-electron chi connectivity index (χ4n) is 4.05. The third-order valence-electron chi connectivity index (χ3n) is 6.09. The van der Waals surface area contributed by atoms with Crippen molar-refractivity contribution < 1.29 is 27.4 Å². The number of carbonyl (C=O) groups is 1. The molecule has 0 aliphatic carbocycles. The number of hydrogen-bond acceptors (Lipinski definition) is 5. The molecule has 0 bridgehead atoms. The molecule has 0 unspecified atom stereocenters. The van der Waals surface area contributed by atoms with Gasteiger partial charge in [0.1, 0.15) is 5.82 Å². The number of fused-ring (bicyclic) bond motifs is 1.